The quantitative estimate of drug-likeness (QED) is 0.581. The Morgan fingerprint density at radius 1 is 0.923 bits per heavy atom. The van der Waals surface area contributed by atoms with E-state index in [2.05, 4.69) is 31.0 Å². The largest absolute Gasteiger partial charge is 0.481 e. The zero-order chi connectivity index (χ0) is 17.8. The van der Waals surface area contributed by atoms with Gasteiger partial charge in [-0.1, -0.05) is 6.07 Å². The van der Waals surface area contributed by atoms with Gasteiger partial charge in [-0.3, -0.25) is 0 Å². The average Bonchev–Trinajstić information content (AvgIpc) is 3.11. The maximum absolute atomic E-state index is 5.07. The number of fused-ring (bicyclic) bond motifs is 1. The Balaban J connectivity index is 1.40. The van der Waals surface area contributed by atoms with E-state index in [1.165, 1.54) is 5.56 Å². The normalized spacial score (nSPS) is 11.0. The number of ether oxygens (including phenoxy) is 1. The van der Waals surface area contributed by atoms with Crippen LogP contribution in [0.3, 0.4) is 0 Å². The SMILES string of the molecule is COc1ccc(CCc2ncc(Cc3c[nH]c4ncccc34)cn2)cn1. The molecule has 0 saturated carbocycles. The molecule has 0 aliphatic carbocycles. The molecule has 0 aliphatic rings. The van der Waals surface area contributed by atoms with Gasteiger partial charge < -0.3 is 9.72 Å². The van der Waals surface area contributed by atoms with Gasteiger partial charge in [-0.25, -0.2) is 19.9 Å². The molecule has 0 spiro atoms. The average molecular weight is 345 g/mol. The van der Waals surface area contributed by atoms with Crippen molar-refractivity contribution < 1.29 is 4.74 Å². The lowest BCUT2D eigenvalue weighted by atomic mass is 10.1. The topological polar surface area (TPSA) is 76.6 Å². The number of pyridine rings is 2. The van der Waals surface area contributed by atoms with Crippen molar-refractivity contribution in [3.8, 4) is 5.88 Å². The van der Waals surface area contributed by atoms with Crippen LogP contribution in [0.2, 0.25) is 0 Å². The highest BCUT2D eigenvalue weighted by atomic mass is 16.5. The Morgan fingerprint density at radius 2 is 1.77 bits per heavy atom. The summed E-state index contributed by atoms with van der Waals surface area (Å²) in [6, 6.07) is 7.92. The summed E-state index contributed by atoms with van der Waals surface area (Å²) in [5.74, 6) is 1.46. The minimum Gasteiger partial charge on any atom is -0.481 e. The smallest absolute Gasteiger partial charge is 0.212 e. The van der Waals surface area contributed by atoms with E-state index in [-0.39, 0.29) is 0 Å². The van der Waals surface area contributed by atoms with Crippen LogP contribution < -0.4 is 4.74 Å². The summed E-state index contributed by atoms with van der Waals surface area (Å²) < 4.78 is 5.07. The van der Waals surface area contributed by atoms with Gasteiger partial charge in [-0.05, 0) is 35.2 Å². The van der Waals surface area contributed by atoms with Crippen LogP contribution in [0, 0.1) is 0 Å². The van der Waals surface area contributed by atoms with Crippen molar-refractivity contribution in [1.82, 2.24) is 24.9 Å². The number of aryl methyl sites for hydroxylation is 2. The van der Waals surface area contributed by atoms with Gasteiger partial charge in [-0.15, -0.1) is 0 Å². The molecule has 4 rings (SSSR count). The van der Waals surface area contributed by atoms with Crippen molar-refractivity contribution in [2.24, 2.45) is 0 Å². The first-order chi connectivity index (χ1) is 12.8. The Kier molecular flexibility index (Phi) is 4.55. The van der Waals surface area contributed by atoms with Gasteiger partial charge in [0.25, 0.3) is 0 Å². The lowest BCUT2D eigenvalue weighted by molar-refractivity contribution is 0.397. The number of hydrogen-bond donors (Lipinski definition) is 1. The highest BCUT2D eigenvalue weighted by Gasteiger charge is 2.06. The van der Waals surface area contributed by atoms with Crippen molar-refractivity contribution in [2.45, 2.75) is 19.3 Å². The van der Waals surface area contributed by atoms with Crippen molar-refractivity contribution in [2.75, 3.05) is 7.11 Å². The number of aromatic nitrogens is 5. The summed E-state index contributed by atoms with van der Waals surface area (Å²) in [6.45, 7) is 0. The van der Waals surface area contributed by atoms with Crippen LogP contribution in [0.5, 0.6) is 5.88 Å². The molecule has 0 radical (unpaired) electrons. The predicted octanol–water partition coefficient (Wildman–Crippen LogP) is 3.13. The summed E-state index contributed by atoms with van der Waals surface area (Å²) in [6.07, 6.45) is 11.9. The second-order valence-electron chi connectivity index (χ2n) is 6.11. The number of aromatic amines is 1. The molecule has 0 aliphatic heterocycles. The Hall–Kier alpha value is -3.28. The molecule has 6 nitrogen and oxygen atoms in total. The first kappa shape index (κ1) is 16.2. The minimum atomic E-state index is 0.627. The van der Waals surface area contributed by atoms with Gasteiger partial charge in [0, 0.05) is 55.3 Å². The van der Waals surface area contributed by atoms with Gasteiger partial charge in [0.05, 0.1) is 7.11 Å². The molecule has 26 heavy (non-hydrogen) atoms. The van der Waals surface area contributed by atoms with Crippen LogP contribution in [0.25, 0.3) is 11.0 Å². The van der Waals surface area contributed by atoms with Crippen LogP contribution >= 0.6 is 0 Å². The van der Waals surface area contributed by atoms with E-state index in [0.29, 0.717) is 5.88 Å². The van der Waals surface area contributed by atoms with Gasteiger partial charge in [0.1, 0.15) is 11.5 Å². The van der Waals surface area contributed by atoms with Crippen molar-refractivity contribution >= 4 is 11.0 Å². The second kappa shape index (κ2) is 7.31. The molecular formula is C20H19N5O. The molecule has 0 unspecified atom stereocenters. The number of nitrogens with zero attached hydrogens (tertiary/aromatic N) is 4. The molecule has 0 saturated heterocycles. The number of hydrogen-bond acceptors (Lipinski definition) is 5. The van der Waals surface area contributed by atoms with Crippen LogP contribution in [-0.2, 0) is 19.3 Å². The summed E-state index contributed by atoms with van der Waals surface area (Å²) in [4.78, 5) is 20.8. The van der Waals surface area contributed by atoms with Gasteiger partial charge in [-0.2, -0.15) is 0 Å². The third-order valence-corrected chi connectivity index (χ3v) is 4.33. The second-order valence-corrected chi connectivity index (χ2v) is 6.11. The lowest BCUT2D eigenvalue weighted by Crippen LogP contribution is -2.00. The molecule has 4 aromatic heterocycles. The zero-order valence-electron chi connectivity index (χ0n) is 14.5. The van der Waals surface area contributed by atoms with Crippen LogP contribution in [0.1, 0.15) is 22.5 Å². The van der Waals surface area contributed by atoms with Gasteiger partial charge in [0.15, 0.2) is 0 Å². The fraction of sp³-hybridized carbons (Fsp3) is 0.200. The zero-order valence-corrected chi connectivity index (χ0v) is 14.5. The monoisotopic (exact) mass is 345 g/mol. The summed E-state index contributed by atoms with van der Waals surface area (Å²) in [5.41, 5.74) is 4.34. The Labute approximate surface area is 151 Å². The number of nitrogens with one attached hydrogen (secondary N) is 1. The van der Waals surface area contributed by atoms with Crippen molar-refractivity contribution in [1.29, 1.82) is 0 Å². The van der Waals surface area contributed by atoms with Crippen LogP contribution in [0.4, 0.5) is 0 Å². The van der Waals surface area contributed by atoms with Crippen molar-refractivity contribution in [3.63, 3.8) is 0 Å². The molecule has 0 bridgehead atoms. The van der Waals surface area contributed by atoms with Gasteiger partial charge >= 0.3 is 0 Å². The molecule has 0 aromatic carbocycles. The molecule has 130 valence electrons. The van der Waals surface area contributed by atoms with Crippen molar-refractivity contribution in [3.05, 3.63) is 77.8 Å². The molecule has 0 amide bonds. The van der Waals surface area contributed by atoms with Crippen LogP contribution in [0.15, 0.2) is 55.2 Å². The molecule has 0 fully saturated rings. The first-order valence-electron chi connectivity index (χ1n) is 8.51. The predicted molar refractivity (Wildman–Crippen MR) is 99.1 cm³/mol. The maximum Gasteiger partial charge on any atom is 0.212 e. The van der Waals surface area contributed by atoms with E-state index >= 15 is 0 Å². The molecule has 1 N–H and O–H groups in total. The summed E-state index contributed by atoms with van der Waals surface area (Å²) in [7, 11) is 1.62. The van der Waals surface area contributed by atoms with Crippen LogP contribution in [-0.4, -0.2) is 32.0 Å². The van der Waals surface area contributed by atoms with E-state index in [4.69, 9.17) is 4.74 Å². The molecular weight excluding hydrogens is 326 g/mol. The highest BCUT2D eigenvalue weighted by Crippen LogP contribution is 2.18. The third kappa shape index (κ3) is 3.54. The molecule has 0 atom stereocenters. The first-order valence-corrected chi connectivity index (χ1v) is 8.51. The summed E-state index contributed by atoms with van der Waals surface area (Å²) >= 11 is 0. The number of H-pyrrole nitrogens is 1. The fourth-order valence-corrected chi connectivity index (χ4v) is 2.92. The molecule has 4 aromatic rings. The highest BCUT2D eigenvalue weighted by molar-refractivity contribution is 5.79. The number of methoxy groups -OCH3 is 1. The standard InChI is InChI=1S/C20H19N5O/c1-26-19-7-5-14(10-24-19)4-6-18-22-11-15(12-23-18)9-16-13-25-20-17(16)3-2-8-21-20/h2-3,5,7-8,10-13H,4,6,9H2,1H3,(H,21,25). The fourth-order valence-electron chi connectivity index (χ4n) is 2.92. The van der Waals surface area contributed by atoms with E-state index in [0.717, 1.165) is 47.2 Å². The Bertz CT molecular complexity index is 993. The Morgan fingerprint density at radius 3 is 2.54 bits per heavy atom. The molecule has 4 heterocycles. The number of rotatable bonds is 6. The lowest BCUT2D eigenvalue weighted by Gasteiger charge is -2.04. The molecule has 6 heteroatoms. The third-order valence-electron chi connectivity index (χ3n) is 4.33. The van der Waals surface area contributed by atoms with E-state index in [1.54, 1.807) is 13.3 Å². The minimum absolute atomic E-state index is 0.627. The van der Waals surface area contributed by atoms with E-state index < -0.39 is 0 Å². The maximum atomic E-state index is 5.07. The van der Waals surface area contributed by atoms with Gasteiger partial charge in [0.2, 0.25) is 5.88 Å². The van der Waals surface area contributed by atoms with E-state index in [1.807, 2.05) is 43.0 Å². The van der Waals surface area contributed by atoms with E-state index in [9.17, 15) is 0 Å². The summed E-state index contributed by atoms with van der Waals surface area (Å²) in [5, 5.41) is 1.14.